The molecule has 1 nitrogen and oxygen atoms in total. The van der Waals surface area contributed by atoms with E-state index in [4.69, 9.17) is 0 Å². The molecule has 0 fully saturated rings. The van der Waals surface area contributed by atoms with Crippen LogP contribution in [0, 0.1) is 0 Å². The smallest absolute Gasteiger partial charge is 0.0540 e. The number of anilines is 3. The minimum Gasteiger partial charge on any atom is -0.310 e. The van der Waals surface area contributed by atoms with E-state index in [9.17, 15) is 0 Å². The quantitative estimate of drug-likeness (QED) is 0.147. The molecule has 0 heterocycles. The summed E-state index contributed by atoms with van der Waals surface area (Å²) in [4.78, 5) is 2.44. The van der Waals surface area contributed by atoms with E-state index in [2.05, 4.69) is 241 Å². The van der Waals surface area contributed by atoms with E-state index in [1.54, 1.807) is 0 Å². The molecule has 0 saturated heterocycles. The number of hydrogen-bond acceptors (Lipinski definition) is 1. The Bertz CT molecular complexity index is 3310. The molecule has 0 unspecified atom stereocenters. The summed E-state index contributed by atoms with van der Waals surface area (Å²) in [5.41, 5.74) is 12.8. The van der Waals surface area contributed by atoms with Gasteiger partial charge in [0.1, 0.15) is 0 Å². The van der Waals surface area contributed by atoms with Crippen LogP contribution < -0.4 is 4.90 Å². The van der Waals surface area contributed by atoms with Gasteiger partial charge in [0.25, 0.3) is 0 Å². The first-order valence-corrected chi connectivity index (χ1v) is 20.3. The summed E-state index contributed by atoms with van der Waals surface area (Å²) in [6.07, 6.45) is 0. The topological polar surface area (TPSA) is 3.24 Å². The van der Waals surface area contributed by atoms with Crippen LogP contribution in [0.3, 0.4) is 0 Å². The molecular weight excluding hydrogens is 711 g/mol. The second-order valence-corrected chi connectivity index (χ2v) is 15.3. The largest absolute Gasteiger partial charge is 0.310 e. The normalized spacial score (nSPS) is 11.4. The number of rotatable bonds is 7. The van der Waals surface area contributed by atoms with Gasteiger partial charge in [-0.25, -0.2) is 0 Å². The number of benzene rings is 11. The lowest BCUT2D eigenvalue weighted by Gasteiger charge is -2.29. The zero-order chi connectivity index (χ0) is 39.1. The molecular formula is C58H39N. The van der Waals surface area contributed by atoms with Crippen molar-refractivity contribution in [2.24, 2.45) is 0 Å². The maximum absolute atomic E-state index is 2.44. The molecule has 276 valence electrons. The van der Waals surface area contributed by atoms with Crippen molar-refractivity contribution in [2.75, 3.05) is 4.90 Å². The van der Waals surface area contributed by atoms with Gasteiger partial charge in [-0.1, -0.05) is 200 Å². The fourth-order valence-corrected chi connectivity index (χ4v) is 8.99. The van der Waals surface area contributed by atoms with Crippen LogP contribution in [0.4, 0.5) is 17.1 Å². The van der Waals surface area contributed by atoms with Gasteiger partial charge < -0.3 is 4.90 Å². The van der Waals surface area contributed by atoms with Crippen molar-refractivity contribution in [3.8, 4) is 44.5 Å². The van der Waals surface area contributed by atoms with Crippen molar-refractivity contribution in [3.05, 3.63) is 237 Å². The highest BCUT2D eigenvalue weighted by Crippen LogP contribution is 2.46. The van der Waals surface area contributed by atoms with Gasteiger partial charge in [0, 0.05) is 16.9 Å². The van der Waals surface area contributed by atoms with Gasteiger partial charge in [-0.05, 0) is 118 Å². The summed E-state index contributed by atoms with van der Waals surface area (Å²) in [6, 6.07) is 86.4. The Labute approximate surface area is 344 Å². The maximum Gasteiger partial charge on any atom is 0.0540 e. The van der Waals surface area contributed by atoms with Crippen molar-refractivity contribution >= 4 is 60.2 Å². The second kappa shape index (κ2) is 14.6. The van der Waals surface area contributed by atoms with Crippen molar-refractivity contribution in [1.29, 1.82) is 0 Å². The molecule has 0 aliphatic heterocycles. The van der Waals surface area contributed by atoms with E-state index in [1.165, 1.54) is 87.6 Å². The first kappa shape index (κ1) is 34.5. The molecule has 0 aromatic heterocycles. The predicted molar refractivity (Wildman–Crippen MR) is 253 cm³/mol. The van der Waals surface area contributed by atoms with Crippen LogP contribution in [-0.2, 0) is 0 Å². The lowest BCUT2D eigenvalue weighted by Crippen LogP contribution is -2.11. The van der Waals surface area contributed by atoms with Crippen molar-refractivity contribution < 1.29 is 0 Å². The van der Waals surface area contributed by atoms with Crippen LogP contribution >= 0.6 is 0 Å². The van der Waals surface area contributed by atoms with Gasteiger partial charge in [0.15, 0.2) is 0 Å². The standard InChI is InChI=1S/C58H39N/c1-3-14-40(15-4-1)42-30-33-48(34-31-42)59(57-25-12-11-21-51(57)47-29-26-41-16-7-8-20-46(41)38-47)49-35-37-50(43-17-5-2-6-18-43)56(39-49)53-23-13-24-55-54(53)36-32-45-28-27-44-19-9-10-22-52(44)58(45)55/h1-39H. The molecule has 0 bridgehead atoms. The summed E-state index contributed by atoms with van der Waals surface area (Å²) in [7, 11) is 0. The summed E-state index contributed by atoms with van der Waals surface area (Å²) < 4.78 is 0. The van der Waals surface area contributed by atoms with E-state index in [1.807, 2.05) is 0 Å². The van der Waals surface area contributed by atoms with Crippen LogP contribution in [-0.4, -0.2) is 0 Å². The zero-order valence-corrected chi connectivity index (χ0v) is 32.5. The molecule has 0 aliphatic carbocycles. The zero-order valence-electron chi connectivity index (χ0n) is 32.5. The number of para-hydroxylation sites is 1. The van der Waals surface area contributed by atoms with Crippen LogP contribution in [0.25, 0.3) is 87.6 Å². The van der Waals surface area contributed by atoms with Crippen molar-refractivity contribution in [3.63, 3.8) is 0 Å². The summed E-state index contributed by atoms with van der Waals surface area (Å²) >= 11 is 0. The van der Waals surface area contributed by atoms with Gasteiger partial charge >= 0.3 is 0 Å². The third kappa shape index (κ3) is 6.21. The van der Waals surface area contributed by atoms with Gasteiger partial charge in [0.2, 0.25) is 0 Å². The Kier molecular flexibility index (Phi) is 8.56. The van der Waals surface area contributed by atoms with Gasteiger partial charge in [-0.15, -0.1) is 0 Å². The van der Waals surface area contributed by atoms with Gasteiger partial charge in [-0.3, -0.25) is 0 Å². The lowest BCUT2D eigenvalue weighted by atomic mass is 9.88. The van der Waals surface area contributed by atoms with E-state index in [0.717, 1.165) is 17.1 Å². The first-order chi connectivity index (χ1) is 29.3. The van der Waals surface area contributed by atoms with E-state index in [0.29, 0.717) is 0 Å². The Morgan fingerprint density at radius 2 is 0.814 bits per heavy atom. The summed E-state index contributed by atoms with van der Waals surface area (Å²) in [5.74, 6) is 0. The van der Waals surface area contributed by atoms with Crippen LogP contribution in [0.5, 0.6) is 0 Å². The molecule has 0 atom stereocenters. The molecule has 0 radical (unpaired) electrons. The highest BCUT2D eigenvalue weighted by Gasteiger charge is 2.21. The maximum atomic E-state index is 2.44. The molecule has 11 aromatic carbocycles. The first-order valence-electron chi connectivity index (χ1n) is 20.3. The van der Waals surface area contributed by atoms with E-state index in [-0.39, 0.29) is 0 Å². The highest BCUT2D eigenvalue weighted by atomic mass is 15.1. The molecule has 0 saturated carbocycles. The van der Waals surface area contributed by atoms with Crippen molar-refractivity contribution in [2.45, 2.75) is 0 Å². The molecule has 11 aromatic rings. The van der Waals surface area contributed by atoms with Crippen LogP contribution in [0.15, 0.2) is 237 Å². The second-order valence-electron chi connectivity index (χ2n) is 15.3. The van der Waals surface area contributed by atoms with Crippen molar-refractivity contribution in [1.82, 2.24) is 0 Å². The van der Waals surface area contributed by atoms with Gasteiger partial charge in [-0.2, -0.15) is 0 Å². The third-order valence-electron chi connectivity index (χ3n) is 11.8. The summed E-state index contributed by atoms with van der Waals surface area (Å²) in [5, 5.41) is 10.0. The SMILES string of the molecule is c1ccc(-c2ccc(N(c3ccc(-c4ccccc4)c(-c4cccc5c4ccc4ccc6ccccc6c45)c3)c3ccccc3-c3ccc4ccccc4c3)cc2)cc1. The van der Waals surface area contributed by atoms with E-state index >= 15 is 0 Å². The Morgan fingerprint density at radius 1 is 0.237 bits per heavy atom. The highest BCUT2D eigenvalue weighted by molar-refractivity contribution is 6.22. The monoisotopic (exact) mass is 749 g/mol. The minimum atomic E-state index is 1.09. The third-order valence-corrected chi connectivity index (χ3v) is 11.8. The molecule has 0 N–H and O–H groups in total. The Morgan fingerprint density at radius 3 is 1.64 bits per heavy atom. The molecule has 0 amide bonds. The molecule has 0 aliphatic rings. The molecule has 11 rings (SSSR count). The average Bonchev–Trinajstić information content (AvgIpc) is 3.32. The fourth-order valence-electron chi connectivity index (χ4n) is 8.99. The minimum absolute atomic E-state index is 1.09. The van der Waals surface area contributed by atoms with Crippen LogP contribution in [0.2, 0.25) is 0 Å². The Balaban J connectivity index is 1.16. The van der Waals surface area contributed by atoms with E-state index < -0.39 is 0 Å². The molecule has 0 spiro atoms. The molecule has 59 heavy (non-hydrogen) atoms. The lowest BCUT2D eigenvalue weighted by molar-refractivity contribution is 1.28. The molecule has 1 heteroatoms. The van der Waals surface area contributed by atoms with Crippen LogP contribution in [0.1, 0.15) is 0 Å². The Hall–Kier alpha value is -7.74. The summed E-state index contributed by atoms with van der Waals surface area (Å²) in [6.45, 7) is 0. The average molecular weight is 750 g/mol. The van der Waals surface area contributed by atoms with Gasteiger partial charge in [0.05, 0.1) is 5.69 Å². The number of fused-ring (bicyclic) bond motifs is 6. The number of hydrogen-bond donors (Lipinski definition) is 0. The number of nitrogens with zero attached hydrogens (tertiary/aromatic N) is 1. The fraction of sp³-hybridized carbons (Fsp3) is 0. The predicted octanol–water partition coefficient (Wildman–Crippen LogP) is 16.4.